The third-order valence-corrected chi connectivity index (χ3v) is 5.11. The molecule has 1 aliphatic heterocycles. The molecule has 2 rings (SSSR count). The first-order valence-corrected chi connectivity index (χ1v) is 8.57. The van der Waals surface area contributed by atoms with E-state index in [9.17, 15) is 4.79 Å². The van der Waals surface area contributed by atoms with Crippen molar-refractivity contribution in [3.8, 4) is 0 Å². The largest absolute Gasteiger partial charge is 0.355 e. The minimum absolute atomic E-state index is 0. The van der Waals surface area contributed by atoms with E-state index in [-0.39, 0.29) is 23.7 Å². The van der Waals surface area contributed by atoms with Crippen molar-refractivity contribution in [2.45, 2.75) is 38.5 Å². The molecule has 130 valence electrons. The van der Waals surface area contributed by atoms with E-state index in [1.165, 1.54) is 6.42 Å². The molecule has 0 aliphatic carbocycles. The minimum Gasteiger partial charge on any atom is -0.355 e. The summed E-state index contributed by atoms with van der Waals surface area (Å²) in [6.07, 6.45) is 2.75. The normalized spacial score (nSPS) is 17.7. The van der Waals surface area contributed by atoms with Gasteiger partial charge in [-0.05, 0) is 49.5 Å². The highest BCUT2D eigenvalue weighted by molar-refractivity contribution is 6.42. The van der Waals surface area contributed by atoms with Crippen LogP contribution in [0.4, 0.5) is 0 Å². The summed E-state index contributed by atoms with van der Waals surface area (Å²) in [5.41, 5.74) is 0.890. The molecule has 6 heteroatoms. The fraction of sp³-hybridized carbons (Fsp3) is 0.588. The van der Waals surface area contributed by atoms with Crippen molar-refractivity contribution < 1.29 is 4.79 Å². The first-order chi connectivity index (χ1) is 10.4. The number of benzene rings is 1. The number of halogens is 3. The smallest absolute Gasteiger partial charge is 0.220 e. The molecule has 0 saturated carbocycles. The number of hydrogen-bond acceptors (Lipinski definition) is 2. The van der Waals surface area contributed by atoms with Crippen LogP contribution >= 0.6 is 35.6 Å². The Morgan fingerprint density at radius 1 is 1.35 bits per heavy atom. The monoisotopic (exact) mass is 378 g/mol. The van der Waals surface area contributed by atoms with Crippen LogP contribution in [0.5, 0.6) is 0 Å². The van der Waals surface area contributed by atoms with Crippen molar-refractivity contribution >= 4 is 41.5 Å². The predicted molar refractivity (Wildman–Crippen MR) is 100.0 cm³/mol. The first kappa shape index (κ1) is 20.6. The Balaban J connectivity index is 0.00000264. The van der Waals surface area contributed by atoms with Crippen molar-refractivity contribution in [1.29, 1.82) is 0 Å². The zero-order chi connectivity index (χ0) is 16.2. The van der Waals surface area contributed by atoms with Gasteiger partial charge < -0.3 is 10.6 Å². The molecule has 0 bridgehead atoms. The van der Waals surface area contributed by atoms with Crippen LogP contribution < -0.4 is 10.6 Å². The van der Waals surface area contributed by atoms with Gasteiger partial charge in [0.2, 0.25) is 5.91 Å². The third-order valence-electron chi connectivity index (χ3n) is 4.37. The second-order valence-electron chi connectivity index (χ2n) is 6.69. The lowest BCUT2D eigenvalue weighted by Crippen LogP contribution is -2.36. The van der Waals surface area contributed by atoms with E-state index in [1.54, 1.807) is 6.07 Å². The van der Waals surface area contributed by atoms with Gasteiger partial charge in [0.25, 0.3) is 0 Å². The van der Waals surface area contributed by atoms with Crippen molar-refractivity contribution in [2.24, 2.45) is 5.92 Å². The highest BCUT2D eigenvalue weighted by Crippen LogP contribution is 2.29. The fourth-order valence-electron chi connectivity index (χ4n) is 2.72. The average Bonchev–Trinajstić information content (AvgIpc) is 2.99. The number of hydrogen-bond donors (Lipinski definition) is 2. The van der Waals surface area contributed by atoms with Gasteiger partial charge in [0.05, 0.1) is 10.0 Å². The summed E-state index contributed by atoms with van der Waals surface area (Å²) in [5, 5.41) is 7.47. The SMILES string of the molecule is CC(C)(CNC(=O)CCC1CCNC1)c1ccc(Cl)c(Cl)c1.Cl. The van der Waals surface area contributed by atoms with Gasteiger partial charge in [0, 0.05) is 18.4 Å². The molecule has 1 amide bonds. The van der Waals surface area contributed by atoms with Gasteiger partial charge in [-0.25, -0.2) is 0 Å². The molecule has 2 N–H and O–H groups in total. The standard InChI is InChI=1S/C17H24Cl2N2O.ClH/c1-17(2,13-4-5-14(18)15(19)9-13)11-21-16(22)6-3-12-7-8-20-10-12;/h4-5,9,12,20H,3,6-8,10-11H2,1-2H3,(H,21,22);1H. The van der Waals surface area contributed by atoms with Gasteiger partial charge in [-0.2, -0.15) is 0 Å². The van der Waals surface area contributed by atoms with E-state index < -0.39 is 0 Å². The van der Waals surface area contributed by atoms with E-state index in [1.807, 2.05) is 12.1 Å². The second-order valence-corrected chi connectivity index (χ2v) is 7.50. The van der Waals surface area contributed by atoms with Crippen LogP contribution in [0, 0.1) is 5.92 Å². The first-order valence-electron chi connectivity index (χ1n) is 7.81. The van der Waals surface area contributed by atoms with Crippen molar-refractivity contribution in [1.82, 2.24) is 10.6 Å². The summed E-state index contributed by atoms with van der Waals surface area (Å²) in [4.78, 5) is 12.0. The molecule has 1 saturated heterocycles. The molecule has 1 aromatic rings. The van der Waals surface area contributed by atoms with Crippen LogP contribution in [0.1, 0.15) is 38.7 Å². The van der Waals surface area contributed by atoms with Crippen molar-refractivity contribution in [3.05, 3.63) is 33.8 Å². The van der Waals surface area contributed by atoms with Gasteiger partial charge in [-0.15, -0.1) is 12.4 Å². The summed E-state index contributed by atoms with van der Waals surface area (Å²) in [6, 6.07) is 5.64. The molecule has 0 radical (unpaired) electrons. The number of rotatable bonds is 6. The molecule has 1 fully saturated rings. The van der Waals surface area contributed by atoms with E-state index in [2.05, 4.69) is 24.5 Å². The minimum atomic E-state index is -0.182. The highest BCUT2D eigenvalue weighted by Gasteiger charge is 2.23. The van der Waals surface area contributed by atoms with Gasteiger partial charge in [-0.3, -0.25) is 4.79 Å². The maximum absolute atomic E-state index is 12.0. The number of amides is 1. The zero-order valence-electron chi connectivity index (χ0n) is 13.6. The lowest BCUT2D eigenvalue weighted by Gasteiger charge is -2.26. The molecule has 1 aromatic carbocycles. The maximum atomic E-state index is 12.0. The Morgan fingerprint density at radius 2 is 2.09 bits per heavy atom. The summed E-state index contributed by atoms with van der Waals surface area (Å²) in [7, 11) is 0. The van der Waals surface area contributed by atoms with Crippen LogP contribution in [-0.4, -0.2) is 25.5 Å². The molecular formula is C17H25Cl3N2O. The quantitative estimate of drug-likeness (QED) is 0.778. The van der Waals surface area contributed by atoms with Crippen molar-refractivity contribution in [3.63, 3.8) is 0 Å². The molecule has 1 heterocycles. The molecule has 0 spiro atoms. The lowest BCUT2D eigenvalue weighted by molar-refractivity contribution is -0.121. The zero-order valence-corrected chi connectivity index (χ0v) is 16.0. The molecule has 1 atom stereocenters. The molecule has 1 unspecified atom stereocenters. The van der Waals surface area contributed by atoms with Crippen LogP contribution in [-0.2, 0) is 10.2 Å². The highest BCUT2D eigenvalue weighted by atomic mass is 35.5. The van der Waals surface area contributed by atoms with Gasteiger partial charge in [-0.1, -0.05) is 43.1 Å². The molecular weight excluding hydrogens is 355 g/mol. The topological polar surface area (TPSA) is 41.1 Å². The van der Waals surface area contributed by atoms with Crippen LogP contribution in [0.2, 0.25) is 10.0 Å². The number of carbonyl (C=O) groups is 1. The third kappa shape index (κ3) is 6.15. The molecule has 23 heavy (non-hydrogen) atoms. The Hall–Kier alpha value is -0.480. The van der Waals surface area contributed by atoms with E-state index >= 15 is 0 Å². The number of nitrogens with one attached hydrogen (secondary N) is 2. The molecule has 1 aliphatic rings. The van der Waals surface area contributed by atoms with E-state index in [0.29, 0.717) is 28.9 Å². The average molecular weight is 380 g/mol. The van der Waals surface area contributed by atoms with Gasteiger partial charge >= 0.3 is 0 Å². The Kier molecular flexibility index (Phi) is 8.15. The van der Waals surface area contributed by atoms with Gasteiger partial charge in [0.15, 0.2) is 0 Å². The van der Waals surface area contributed by atoms with Crippen LogP contribution in [0.3, 0.4) is 0 Å². The molecule has 0 aromatic heterocycles. The predicted octanol–water partition coefficient (Wildman–Crippen LogP) is 4.20. The summed E-state index contributed by atoms with van der Waals surface area (Å²) in [5.74, 6) is 0.772. The summed E-state index contributed by atoms with van der Waals surface area (Å²) < 4.78 is 0. The number of carbonyl (C=O) groups excluding carboxylic acids is 1. The molecule has 3 nitrogen and oxygen atoms in total. The fourth-order valence-corrected chi connectivity index (χ4v) is 3.02. The Labute approximate surface area is 154 Å². The van der Waals surface area contributed by atoms with Gasteiger partial charge in [0.1, 0.15) is 0 Å². The summed E-state index contributed by atoms with van der Waals surface area (Å²) in [6.45, 7) is 6.90. The van der Waals surface area contributed by atoms with E-state index in [4.69, 9.17) is 23.2 Å². The van der Waals surface area contributed by atoms with Crippen molar-refractivity contribution in [2.75, 3.05) is 19.6 Å². The Morgan fingerprint density at radius 3 is 2.70 bits per heavy atom. The Bertz CT molecular complexity index is 529. The summed E-state index contributed by atoms with van der Waals surface area (Å²) >= 11 is 12.0. The maximum Gasteiger partial charge on any atom is 0.220 e. The van der Waals surface area contributed by atoms with E-state index in [0.717, 1.165) is 25.1 Å². The second kappa shape index (κ2) is 9.12. The lowest BCUT2D eigenvalue weighted by atomic mass is 9.84. The van der Waals surface area contributed by atoms with Crippen LogP contribution in [0.15, 0.2) is 18.2 Å². The van der Waals surface area contributed by atoms with Crippen LogP contribution in [0.25, 0.3) is 0 Å².